The van der Waals surface area contributed by atoms with E-state index in [1.54, 1.807) is 30.7 Å². The van der Waals surface area contributed by atoms with Crippen LogP contribution in [-0.4, -0.2) is 21.0 Å². The molecule has 2 aromatic rings. The Kier molecular flexibility index (Phi) is 2.02. The molecule has 4 heteroatoms. The Morgan fingerprint density at radius 1 is 1.29 bits per heavy atom. The molecule has 0 atom stereocenters. The lowest BCUT2D eigenvalue weighted by Crippen LogP contribution is -1.96. The Balaban J connectivity index is 2.52. The van der Waals surface area contributed by atoms with Crippen molar-refractivity contribution >= 4 is 5.97 Å². The summed E-state index contributed by atoms with van der Waals surface area (Å²) in [5.41, 5.74) is 1.71. The van der Waals surface area contributed by atoms with Crippen molar-refractivity contribution in [2.24, 2.45) is 0 Å². The van der Waals surface area contributed by atoms with E-state index >= 15 is 0 Å². The van der Waals surface area contributed by atoms with Gasteiger partial charge in [0, 0.05) is 24.2 Å². The summed E-state index contributed by atoms with van der Waals surface area (Å²) < 4.78 is 0. The van der Waals surface area contributed by atoms with Crippen molar-refractivity contribution in [2.75, 3.05) is 0 Å². The Labute approximate surface area is 80.2 Å². The van der Waals surface area contributed by atoms with Crippen LogP contribution in [-0.2, 0) is 0 Å². The highest BCUT2D eigenvalue weighted by atomic mass is 16.4. The molecule has 0 aliphatic rings. The summed E-state index contributed by atoms with van der Waals surface area (Å²) in [5.74, 6) is -0.932. The summed E-state index contributed by atoms with van der Waals surface area (Å²) >= 11 is 0. The van der Waals surface area contributed by atoms with Crippen LogP contribution in [0.1, 0.15) is 10.4 Å². The predicted molar refractivity (Wildman–Crippen MR) is 51.0 cm³/mol. The standard InChI is InChI=1S/C10H8N2O2/c13-10(14)8-3-6-12-9(8)7-1-4-11-5-2-7/h1-6,12H,(H,13,14). The predicted octanol–water partition coefficient (Wildman–Crippen LogP) is 1.77. The third kappa shape index (κ3) is 1.37. The van der Waals surface area contributed by atoms with Gasteiger partial charge in [0.2, 0.25) is 0 Å². The van der Waals surface area contributed by atoms with Gasteiger partial charge in [-0.3, -0.25) is 4.98 Å². The fourth-order valence-corrected chi connectivity index (χ4v) is 1.31. The molecule has 70 valence electrons. The summed E-state index contributed by atoms with van der Waals surface area (Å²) in [6.07, 6.45) is 4.86. The minimum atomic E-state index is -0.932. The van der Waals surface area contributed by atoms with Gasteiger partial charge in [-0.1, -0.05) is 0 Å². The zero-order valence-corrected chi connectivity index (χ0v) is 7.27. The topological polar surface area (TPSA) is 66.0 Å². The molecule has 0 saturated carbocycles. The van der Waals surface area contributed by atoms with Crippen molar-refractivity contribution < 1.29 is 9.90 Å². The van der Waals surface area contributed by atoms with Crippen molar-refractivity contribution in [1.29, 1.82) is 0 Å². The van der Waals surface area contributed by atoms with Crippen LogP contribution in [0.2, 0.25) is 0 Å². The molecule has 0 radical (unpaired) electrons. The number of carboxylic acid groups (broad SMARTS) is 1. The molecule has 14 heavy (non-hydrogen) atoms. The Morgan fingerprint density at radius 2 is 2.00 bits per heavy atom. The van der Waals surface area contributed by atoms with Crippen LogP contribution in [0.3, 0.4) is 0 Å². The third-order valence-electron chi connectivity index (χ3n) is 1.95. The fourth-order valence-electron chi connectivity index (χ4n) is 1.31. The smallest absolute Gasteiger partial charge is 0.337 e. The SMILES string of the molecule is O=C(O)c1cc[nH]c1-c1ccncc1. The molecular weight excluding hydrogens is 180 g/mol. The van der Waals surface area contributed by atoms with Crippen LogP contribution in [0.5, 0.6) is 0 Å². The first-order valence-corrected chi connectivity index (χ1v) is 4.10. The van der Waals surface area contributed by atoms with Gasteiger partial charge in [0.05, 0.1) is 11.3 Å². The third-order valence-corrected chi connectivity index (χ3v) is 1.95. The van der Waals surface area contributed by atoms with Crippen LogP contribution in [0.15, 0.2) is 36.8 Å². The monoisotopic (exact) mass is 188 g/mol. The molecule has 0 bridgehead atoms. The maximum atomic E-state index is 10.8. The molecule has 2 N–H and O–H groups in total. The molecule has 0 spiro atoms. The highest BCUT2D eigenvalue weighted by molar-refractivity contribution is 5.94. The van der Waals surface area contributed by atoms with Crippen LogP contribution < -0.4 is 0 Å². The van der Waals surface area contributed by atoms with E-state index in [-0.39, 0.29) is 5.56 Å². The van der Waals surface area contributed by atoms with E-state index in [0.717, 1.165) is 5.56 Å². The number of carbonyl (C=O) groups is 1. The lowest BCUT2D eigenvalue weighted by Gasteiger charge is -1.99. The summed E-state index contributed by atoms with van der Waals surface area (Å²) in [4.78, 5) is 17.6. The molecule has 0 aromatic carbocycles. The Bertz CT molecular complexity index is 448. The number of aromatic amines is 1. The van der Waals surface area contributed by atoms with Crippen molar-refractivity contribution in [3.05, 3.63) is 42.4 Å². The second-order valence-corrected chi connectivity index (χ2v) is 2.81. The summed E-state index contributed by atoms with van der Waals surface area (Å²) in [5, 5.41) is 8.88. The quantitative estimate of drug-likeness (QED) is 0.754. The number of aromatic nitrogens is 2. The molecule has 4 nitrogen and oxygen atoms in total. The second kappa shape index (κ2) is 3.33. The van der Waals surface area contributed by atoms with Gasteiger partial charge in [0.15, 0.2) is 0 Å². The minimum Gasteiger partial charge on any atom is -0.478 e. The van der Waals surface area contributed by atoms with E-state index in [1.165, 1.54) is 6.07 Å². The number of hydrogen-bond acceptors (Lipinski definition) is 2. The van der Waals surface area contributed by atoms with Crippen molar-refractivity contribution in [3.63, 3.8) is 0 Å². The van der Waals surface area contributed by atoms with Crippen LogP contribution in [0.25, 0.3) is 11.3 Å². The van der Waals surface area contributed by atoms with Gasteiger partial charge in [-0.2, -0.15) is 0 Å². The first-order chi connectivity index (χ1) is 6.79. The van der Waals surface area contributed by atoms with E-state index in [2.05, 4.69) is 9.97 Å². The number of pyridine rings is 1. The zero-order chi connectivity index (χ0) is 9.97. The van der Waals surface area contributed by atoms with Gasteiger partial charge >= 0.3 is 5.97 Å². The number of nitrogens with one attached hydrogen (secondary N) is 1. The number of rotatable bonds is 2. The molecule has 0 saturated heterocycles. The average Bonchev–Trinajstić information content (AvgIpc) is 2.67. The maximum absolute atomic E-state index is 10.8. The lowest BCUT2D eigenvalue weighted by atomic mass is 10.1. The van der Waals surface area contributed by atoms with Crippen molar-refractivity contribution in [2.45, 2.75) is 0 Å². The minimum absolute atomic E-state index is 0.274. The molecule has 2 aromatic heterocycles. The van der Waals surface area contributed by atoms with Gasteiger partial charge < -0.3 is 10.1 Å². The summed E-state index contributed by atoms with van der Waals surface area (Å²) in [6, 6.07) is 5.06. The summed E-state index contributed by atoms with van der Waals surface area (Å²) in [6.45, 7) is 0. The van der Waals surface area contributed by atoms with Crippen molar-refractivity contribution in [3.8, 4) is 11.3 Å². The van der Waals surface area contributed by atoms with E-state index in [0.29, 0.717) is 5.69 Å². The Hall–Kier alpha value is -2.10. The molecule has 0 aliphatic carbocycles. The number of aromatic carboxylic acids is 1. The highest BCUT2D eigenvalue weighted by Gasteiger charge is 2.11. The second-order valence-electron chi connectivity index (χ2n) is 2.81. The van der Waals surface area contributed by atoms with Crippen LogP contribution >= 0.6 is 0 Å². The Morgan fingerprint density at radius 3 is 2.64 bits per heavy atom. The zero-order valence-electron chi connectivity index (χ0n) is 7.27. The average molecular weight is 188 g/mol. The lowest BCUT2D eigenvalue weighted by molar-refractivity contribution is 0.0698. The maximum Gasteiger partial charge on any atom is 0.337 e. The highest BCUT2D eigenvalue weighted by Crippen LogP contribution is 2.20. The van der Waals surface area contributed by atoms with Gasteiger partial charge in [0.1, 0.15) is 0 Å². The van der Waals surface area contributed by atoms with E-state index in [9.17, 15) is 4.79 Å². The van der Waals surface area contributed by atoms with Gasteiger partial charge in [-0.05, 0) is 18.2 Å². The number of H-pyrrole nitrogens is 1. The van der Waals surface area contributed by atoms with Crippen LogP contribution in [0, 0.1) is 0 Å². The molecular formula is C10H8N2O2. The molecule has 2 heterocycles. The van der Waals surface area contributed by atoms with E-state index in [1.807, 2.05) is 0 Å². The fraction of sp³-hybridized carbons (Fsp3) is 0. The first-order valence-electron chi connectivity index (χ1n) is 4.10. The van der Waals surface area contributed by atoms with Gasteiger partial charge in [-0.25, -0.2) is 4.79 Å². The normalized spacial score (nSPS) is 10.0. The molecule has 2 rings (SSSR count). The first kappa shape index (κ1) is 8.50. The number of nitrogens with zero attached hydrogens (tertiary/aromatic N) is 1. The van der Waals surface area contributed by atoms with Gasteiger partial charge in [-0.15, -0.1) is 0 Å². The van der Waals surface area contributed by atoms with Gasteiger partial charge in [0.25, 0.3) is 0 Å². The molecule has 0 unspecified atom stereocenters. The van der Waals surface area contributed by atoms with E-state index in [4.69, 9.17) is 5.11 Å². The van der Waals surface area contributed by atoms with E-state index < -0.39 is 5.97 Å². The number of carboxylic acids is 1. The molecule has 0 aliphatic heterocycles. The largest absolute Gasteiger partial charge is 0.478 e. The molecule has 0 amide bonds. The van der Waals surface area contributed by atoms with Crippen LogP contribution in [0.4, 0.5) is 0 Å². The molecule has 0 fully saturated rings. The van der Waals surface area contributed by atoms with Crippen molar-refractivity contribution in [1.82, 2.24) is 9.97 Å². The number of hydrogen-bond donors (Lipinski definition) is 2. The summed E-state index contributed by atoms with van der Waals surface area (Å²) in [7, 11) is 0.